The van der Waals surface area contributed by atoms with Gasteiger partial charge in [-0.05, 0) is 74.6 Å². The van der Waals surface area contributed by atoms with E-state index >= 15 is 0 Å². The van der Waals surface area contributed by atoms with Crippen molar-refractivity contribution < 1.29 is 19.1 Å². The van der Waals surface area contributed by atoms with Crippen molar-refractivity contribution in [2.24, 2.45) is 0 Å². The summed E-state index contributed by atoms with van der Waals surface area (Å²) in [4.78, 5) is 24.1. The molecule has 0 aliphatic heterocycles. The molecule has 29 heavy (non-hydrogen) atoms. The lowest BCUT2D eigenvalue weighted by Crippen LogP contribution is -2.34. The van der Waals surface area contributed by atoms with Gasteiger partial charge in [0.2, 0.25) is 0 Å². The van der Waals surface area contributed by atoms with Gasteiger partial charge in [0.25, 0.3) is 11.8 Å². The Balaban J connectivity index is 1.84. The summed E-state index contributed by atoms with van der Waals surface area (Å²) in [5, 5.41) is 8.44. The molecular formula is C21H25N3O4S. The predicted molar refractivity (Wildman–Crippen MR) is 117 cm³/mol. The van der Waals surface area contributed by atoms with E-state index in [9.17, 15) is 9.59 Å². The molecule has 154 valence electrons. The van der Waals surface area contributed by atoms with Gasteiger partial charge in [-0.25, -0.2) is 0 Å². The molecule has 2 aromatic carbocycles. The number of carbonyl (C=O) groups excluding carboxylic acids is 2. The Hall–Kier alpha value is -2.97. The molecule has 0 saturated carbocycles. The number of anilines is 1. The topological polar surface area (TPSA) is 88.7 Å². The Kier molecular flexibility index (Phi) is 9.07. The van der Waals surface area contributed by atoms with Crippen molar-refractivity contribution in [1.82, 2.24) is 10.6 Å². The molecule has 2 aromatic rings. The van der Waals surface area contributed by atoms with Crippen molar-refractivity contribution in [2.45, 2.75) is 13.8 Å². The average molecular weight is 416 g/mol. The number of ether oxygens (including phenoxy) is 2. The fourth-order valence-corrected chi connectivity index (χ4v) is 2.58. The maximum Gasteiger partial charge on any atom is 0.257 e. The smallest absolute Gasteiger partial charge is 0.257 e. The molecule has 0 atom stereocenters. The standard InChI is InChI=1S/C21H25N3O4S/c1-3-22-19(25)15-5-9-17(10-6-15)23-21(29)24-20(26)16-7-11-18(12-8-16)28-14-13-27-4-2/h5-12H,3-4,13-14H2,1-2H3,(H,22,25)(H2,23,24,26,29). The summed E-state index contributed by atoms with van der Waals surface area (Å²) in [7, 11) is 0. The zero-order chi connectivity index (χ0) is 21.1. The fraction of sp³-hybridized carbons (Fsp3) is 0.286. The van der Waals surface area contributed by atoms with Gasteiger partial charge in [0.05, 0.1) is 6.61 Å². The third kappa shape index (κ3) is 7.52. The van der Waals surface area contributed by atoms with Crippen LogP contribution in [0.4, 0.5) is 5.69 Å². The third-order valence-corrected chi connectivity index (χ3v) is 3.99. The maximum absolute atomic E-state index is 12.3. The molecular weight excluding hydrogens is 390 g/mol. The molecule has 0 aliphatic rings. The first-order valence-electron chi connectivity index (χ1n) is 9.34. The summed E-state index contributed by atoms with van der Waals surface area (Å²) in [6.07, 6.45) is 0. The number of thiocarbonyl (C=S) groups is 1. The van der Waals surface area contributed by atoms with E-state index in [1.165, 1.54) is 0 Å². The van der Waals surface area contributed by atoms with Crippen LogP contribution in [0.15, 0.2) is 48.5 Å². The molecule has 0 saturated heterocycles. The van der Waals surface area contributed by atoms with Crippen LogP contribution >= 0.6 is 12.2 Å². The van der Waals surface area contributed by atoms with Crippen LogP contribution in [0.5, 0.6) is 5.75 Å². The van der Waals surface area contributed by atoms with Gasteiger partial charge >= 0.3 is 0 Å². The van der Waals surface area contributed by atoms with Gasteiger partial charge in [-0.3, -0.25) is 14.9 Å². The molecule has 0 aliphatic carbocycles. The minimum absolute atomic E-state index is 0.139. The Bertz CT molecular complexity index is 823. The van der Waals surface area contributed by atoms with Crippen LogP contribution in [0.25, 0.3) is 0 Å². The first-order chi connectivity index (χ1) is 14.0. The predicted octanol–water partition coefficient (Wildman–Crippen LogP) is 2.98. The van der Waals surface area contributed by atoms with Crippen LogP contribution in [0.3, 0.4) is 0 Å². The quantitative estimate of drug-likeness (QED) is 0.431. The fourth-order valence-electron chi connectivity index (χ4n) is 2.37. The van der Waals surface area contributed by atoms with Gasteiger partial charge < -0.3 is 20.1 Å². The van der Waals surface area contributed by atoms with E-state index in [-0.39, 0.29) is 16.9 Å². The van der Waals surface area contributed by atoms with E-state index < -0.39 is 0 Å². The first kappa shape index (κ1) is 22.3. The highest BCUT2D eigenvalue weighted by Crippen LogP contribution is 2.13. The summed E-state index contributed by atoms with van der Waals surface area (Å²) in [6.45, 7) is 5.96. The van der Waals surface area contributed by atoms with Crippen molar-refractivity contribution >= 4 is 34.8 Å². The number of carbonyl (C=O) groups is 2. The van der Waals surface area contributed by atoms with Crippen molar-refractivity contribution in [3.05, 3.63) is 59.7 Å². The summed E-state index contributed by atoms with van der Waals surface area (Å²) in [5.74, 6) is 0.191. The molecule has 8 heteroatoms. The summed E-state index contributed by atoms with van der Waals surface area (Å²) in [5.41, 5.74) is 1.68. The van der Waals surface area contributed by atoms with Gasteiger partial charge in [0.1, 0.15) is 12.4 Å². The van der Waals surface area contributed by atoms with E-state index in [2.05, 4.69) is 16.0 Å². The lowest BCUT2D eigenvalue weighted by Gasteiger charge is -2.11. The molecule has 0 heterocycles. The molecule has 2 amide bonds. The minimum atomic E-state index is -0.331. The van der Waals surface area contributed by atoms with Crippen molar-refractivity contribution in [1.29, 1.82) is 0 Å². The Morgan fingerprint density at radius 1 is 0.897 bits per heavy atom. The van der Waals surface area contributed by atoms with Gasteiger partial charge in [0.15, 0.2) is 5.11 Å². The maximum atomic E-state index is 12.3. The largest absolute Gasteiger partial charge is 0.491 e. The third-order valence-electron chi connectivity index (χ3n) is 3.79. The number of nitrogens with one attached hydrogen (secondary N) is 3. The first-order valence-corrected chi connectivity index (χ1v) is 9.75. The molecule has 0 fully saturated rings. The number of amides is 2. The second-order valence-electron chi connectivity index (χ2n) is 5.91. The Labute approximate surface area is 175 Å². The molecule has 2 rings (SSSR count). The van der Waals surface area contributed by atoms with Crippen LogP contribution < -0.4 is 20.7 Å². The lowest BCUT2D eigenvalue weighted by atomic mass is 10.2. The molecule has 0 radical (unpaired) electrons. The Morgan fingerprint density at radius 3 is 2.14 bits per heavy atom. The van der Waals surface area contributed by atoms with E-state index in [4.69, 9.17) is 21.7 Å². The Morgan fingerprint density at radius 2 is 1.52 bits per heavy atom. The number of benzene rings is 2. The van der Waals surface area contributed by atoms with Gasteiger partial charge in [-0.15, -0.1) is 0 Å². The van der Waals surface area contributed by atoms with Gasteiger partial charge in [0, 0.05) is 30.0 Å². The highest BCUT2D eigenvalue weighted by Gasteiger charge is 2.09. The molecule has 7 nitrogen and oxygen atoms in total. The summed E-state index contributed by atoms with van der Waals surface area (Å²) < 4.78 is 10.7. The van der Waals surface area contributed by atoms with Crippen molar-refractivity contribution in [3.63, 3.8) is 0 Å². The van der Waals surface area contributed by atoms with E-state index in [1.54, 1.807) is 48.5 Å². The monoisotopic (exact) mass is 415 g/mol. The van der Waals surface area contributed by atoms with E-state index in [1.807, 2.05) is 13.8 Å². The molecule has 0 aromatic heterocycles. The SMILES string of the molecule is CCNC(=O)c1ccc(NC(=S)NC(=O)c2ccc(OCCOCC)cc2)cc1. The van der Waals surface area contributed by atoms with E-state index in [0.717, 1.165) is 0 Å². The zero-order valence-corrected chi connectivity index (χ0v) is 17.3. The number of hydrogen-bond acceptors (Lipinski definition) is 5. The summed E-state index contributed by atoms with van der Waals surface area (Å²) in [6, 6.07) is 13.6. The van der Waals surface area contributed by atoms with Crippen LogP contribution in [-0.2, 0) is 4.74 Å². The second-order valence-corrected chi connectivity index (χ2v) is 6.32. The van der Waals surface area contributed by atoms with Gasteiger partial charge in [-0.2, -0.15) is 0 Å². The van der Waals surface area contributed by atoms with Gasteiger partial charge in [-0.1, -0.05) is 0 Å². The van der Waals surface area contributed by atoms with Crippen LogP contribution in [0.2, 0.25) is 0 Å². The van der Waals surface area contributed by atoms with Crippen LogP contribution in [0.1, 0.15) is 34.6 Å². The highest BCUT2D eigenvalue weighted by atomic mass is 32.1. The lowest BCUT2D eigenvalue weighted by molar-refractivity contribution is 0.0953. The molecule has 0 unspecified atom stereocenters. The minimum Gasteiger partial charge on any atom is -0.491 e. The van der Waals surface area contributed by atoms with Crippen LogP contribution in [-0.4, -0.2) is 43.3 Å². The normalized spacial score (nSPS) is 10.1. The summed E-state index contributed by atoms with van der Waals surface area (Å²) >= 11 is 5.19. The molecule has 0 bridgehead atoms. The van der Waals surface area contributed by atoms with Crippen molar-refractivity contribution in [2.75, 3.05) is 31.7 Å². The molecule has 0 spiro atoms. The average Bonchev–Trinajstić information content (AvgIpc) is 2.72. The highest BCUT2D eigenvalue weighted by molar-refractivity contribution is 7.80. The zero-order valence-electron chi connectivity index (χ0n) is 16.5. The van der Waals surface area contributed by atoms with Crippen molar-refractivity contribution in [3.8, 4) is 5.75 Å². The number of hydrogen-bond donors (Lipinski definition) is 3. The van der Waals surface area contributed by atoms with Crippen LogP contribution in [0, 0.1) is 0 Å². The number of rotatable bonds is 9. The second kappa shape index (κ2) is 11.8. The van der Waals surface area contributed by atoms with E-state index in [0.29, 0.717) is 48.9 Å². The molecule has 3 N–H and O–H groups in total.